The first-order valence-corrected chi connectivity index (χ1v) is 11.2. The van der Waals surface area contributed by atoms with Gasteiger partial charge in [0.05, 0.1) is 13.2 Å². The van der Waals surface area contributed by atoms with Crippen molar-refractivity contribution >= 4 is 23.3 Å². The molecule has 0 aliphatic carbocycles. The van der Waals surface area contributed by atoms with Gasteiger partial charge in [-0.05, 0) is 98.1 Å². The van der Waals surface area contributed by atoms with Crippen LogP contribution in [0.25, 0.3) is 0 Å². The Morgan fingerprint density at radius 1 is 0.788 bits per heavy atom. The molecule has 0 aliphatic heterocycles. The maximum absolute atomic E-state index is 12.5. The zero-order valence-electron chi connectivity index (χ0n) is 19.1. The van der Waals surface area contributed by atoms with E-state index in [4.69, 9.17) is 21.1 Å². The zero-order valence-corrected chi connectivity index (χ0v) is 19.9. The Hall–Kier alpha value is -3.15. The van der Waals surface area contributed by atoms with Crippen LogP contribution in [0.4, 0.5) is 0 Å². The highest BCUT2D eigenvalue weighted by molar-refractivity contribution is 6.30. The Bertz CT molecular complexity index is 1080. The summed E-state index contributed by atoms with van der Waals surface area (Å²) >= 11 is 5.87. The number of ketones is 1. The highest BCUT2D eigenvalue weighted by Crippen LogP contribution is 2.17. The molecule has 0 unspecified atom stereocenters. The van der Waals surface area contributed by atoms with E-state index in [0.717, 1.165) is 11.1 Å². The number of aryl methyl sites for hydroxylation is 2. The molecule has 0 saturated heterocycles. The number of rotatable bonds is 10. The van der Waals surface area contributed by atoms with Crippen LogP contribution in [0.15, 0.2) is 60.7 Å². The molecule has 0 bridgehead atoms. The van der Waals surface area contributed by atoms with E-state index in [9.17, 15) is 9.59 Å². The lowest BCUT2D eigenvalue weighted by Gasteiger charge is -2.11. The predicted molar refractivity (Wildman–Crippen MR) is 131 cm³/mol. The van der Waals surface area contributed by atoms with Gasteiger partial charge in [0, 0.05) is 28.3 Å². The monoisotopic (exact) mass is 465 g/mol. The van der Waals surface area contributed by atoms with Crippen LogP contribution < -0.4 is 10.1 Å². The largest absolute Gasteiger partial charge is 0.491 e. The van der Waals surface area contributed by atoms with E-state index in [1.165, 1.54) is 5.56 Å². The lowest BCUT2D eigenvalue weighted by Crippen LogP contribution is -2.28. The average molecular weight is 466 g/mol. The Kier molecular flexibility index (Phi) is 8.64. The fraction of sp³-hybridized carbons (Fsp3) is 0.259. The Labute approximate surface area is 199 Å². The second-order valence-electron chi connectivity index (χ2n) is 7.81. The molecule has 0 fully saturated rings. The average Bonchev–Trinajstić information content (AvgIpc) is 2.82. The van der Waals surface area contributed by atoms with Gasteiger partial charge < -0.3 is 14.8 Å². The van der Waals surface area contributed by atoms with Gasteiger partial charge in [-0.25, -0.2) is 0 Å². The van der Waals surface area contributed by atoms with Gasteiger partial charge in [0.15, 0.2) is 5.78 Å². The Morgan fingerprint density at radius 2 is 1.36 bits per heavy atom. The summed E-state index contributed by atoms with van der Waals surface area (Å²) in [7, 11) is 0. The van der Waals surface area contributed by atoms with Crippen molar-refractivity contribution in [3.8, 4) is 5.75 Å². The molecule has 0 saturated carbocycles. The van der Waals surface area contributed by atoms with Crippen LogP contribution >= 0.6 is 11.6 Å². The van der Waals surface area contributed by atoms with Crippen LogP contribution in [0.2, 0.25) is 5.02 Å². The van der Waals surface area contributed by atoms with E-state index in [2.05, 4.69) is 12.2 Å². The van der Waals surface area contributed by atoms with E-state index in [1.807, 2.05) is 26.0 Å². The highest BCUT2D eigenvalue weighted by atomic mass is 35.5. The van der Waals surface area contributed by atoms with Crippen LogP contribution in [0.3, 0.4) is 0 Å². The third-order valence-electron chi connectivity index (χ3n) is 5.44. The molecule has 6 heteroatoms. The summed E-state index contributed by atoms with van der Waals surface area (Å²) in [5.74, 6) is 0.485. The SMILES string of the molecule is Cc1cc(C(=O)NCCOCCOc2ccc(C(=O)c3ccc(Cl)cc3)cc2)cc(C)c1C. The number of amides is 1. The van der Waals surface area contributed by atoms with E-state index >= 15 is 0 Å². The normalized spacial score (nSPS) is 10.7. The number of nitrogens with one attached hydrogen (secondary N) is 1. The summed E-state index contributed by atoms with van der Waals surface area (Å²) in [5.41, 5.74) is 5.25. The van der Waals surface area contributed by atoms with Crippen molar-refractivity contribution in [3.63, 3.8) is 0 Å². The van der Waals surface area contributed by atoms with E-state index in [-0.39, 0.29) is 11.7 Å². The summed E-state index contributed by atoms with van der Waals surface area (Å²) in [6.07, 6.45) is 0. The third-order valence-corrected chi connectivity index (χ3v) is 5.69. The number of ether oxygens (including phenoxy) is 2. The Balaban J connectivity index is 1.34. The topological polar surface area (TPSA) is 64.6 Å². The molecule has 0 radical (unpaired) electrons. The van der Waals surface area contributed by atoms with Gasteiger partial charge in [0.2, 0.25) is 0 Å². The summed E-state index contributed by atoms with van der Waals surface area (Å²) in [4.78, 5) is 24.8. The lowest BCUT2D eigenvalue weighted by molar-refractivity contribution is 0.0866. The van der Waals surface area contributed by atoms with Crippen molar-refractivity contribution in [1.82, 2.24) is 5.32 Å². The van der Waals surface area contributed by atoms with Crippen molar-refractivity contribution in [1.29, 1.82) is 0 Å². The van der Waals surface area contributed by atoms with E-state index in [0.29, 0.717) is 53.8 Å². The molecule has 172 valence electrons. The summed E-state index contributed by atoms with van der Waals surface area (Å²) in [6, 6.07) is 17.6. The van der Waals surface area contributed by atoms with Crippen molar-refractivity contribution < 1.29 is 19.1 Å². The maximum Gasteiger partial charge on any atom is 0.251 e. The second-order valence-corrected chi connectivity index (χ2v) is 8.25. The van der Waals surface area contributed by atoms with Crippen molar-refractivity contribution in [2.45, 2.75) is 20.8 Å². The van der Waals surface area contributed by atoms with Gasteiger partial charge in [0.25, 0.3) is 5.91 Å². The van der Waals surface area contributed by atoms with Crippen LogP contribution in [0.5, 0.6) is 5.75 Å². The smallest absolute Gasteiger partial charge is 0.251 e. The number of benzene rings is 3. The fourth-order valence-corrected chi connectivity index (χ4v) is 3.42. The first kappa shape index (κ1) is 24.5. The van der Waals surface area contributed by atoms with Crippen molar-refractivity contribution in [2.75, 3.05) is 26.4 Å². The van der Waals surface area contributed by atoms with Crippen LogP contribution in [-0.4, -0.2) is 38.1 Å². The van der Waals surface area contributed by atoms with Crippen LogP contribution in [-0.2, 0) is 4.74 Å². The molecule has 0 spiro atoms. The minimum Gasteiger partial charge on any atom is -0.491 e. The summed E-state index contributed by atoms with van der Waals surface area (Å²) in [6.45, 7) is 7.65. The lowest BCUT2D eigenvalue weighted by atomic mass is 10.0. The van der Waals surface area contributed by atoms with Gasteiger partial charge >= 0.3 is 0 Å². The molecule has 1 amide bonds. The molecule has 0 aliphatic rings. The standard InChI is InChI=1S/C27H28ClNO4/c1-18-16-23(17-19(2)20(18)3)27(31)29-12-13-32-14-15-33-25-10-6-22(7-11-25)26(30)21-4-8-24(28)9-5-21/h4-11,16-17H,12-15H2,1-3H3,(H,29,31). The van der Waals surface area contributed by atoms with E-state index in [1.54, 1.807) is 48.5 Å². The molecule has 0 heterocycles. The third kappa shape index (κ3) is 6.91. The minimum atomic E-state index is -0.103. The number of hydrogen-bond acceptors (Lipinski definition) is 4. The van der Waals surface area contributed by atoms with Gasteiger partial charge in [-0.1, -0.05) is 11.6 Å². The van der Waals surface area contributed by atoms with Crippen LogP contribution in [0, 0.1) is 20.8 Å². The number of hydrogen-bond donors (Lipinski definition) is 1. The maximum atomic E-state index is 12.5. The van der Waals surface area contributed by atoms with Crippen LogP contribution in [0.1, 0.15) is 43.0 Å². The predicted octanol–water partition coefficient (Wildman–Crippen LogP) is 5.32. The van der Waals surface area contributed by atoms with Gasteiger partial charge in [-0.15, -0.1) is 0 Å². The molecule has 33 heavy (non-hydrogen) atoms. The van der Waals surface area contributed by atoms with Gasteiger partial charge in [-0.3, -0.25) is 9.59 Å². The quantitative estimate of drug-likeness (QED) is 0.325. The van der Waals surface area contributed by atoms with Gasteiger partial charge in [-0.2, -0.15) is 0 Å². The second kappa shape index (κ2) is 11.6. The molecular weight excluding hydrogens is 438 g/mol. The molecule has 1 N–H and O–H groups in total. The zero-order chi connectivity index (χ0) is 23.8. The molecule has 0 atom stereocenters. The summed E-state index contributed by atoms with van der Waals surface area (Å²) < 4.78 is 11.2. The molecule has 3 aromatic carbocycles. The van der Waals surface area contributed by atoms with Crippen molar-refractivity contribution in [3.05, 3.63) is 99.1 Å². The highest BCUT2D eigenvalue weighted by Gasteiger charge is 2.10. The van der Waals surface area contributed by atoms with E-state index < -0.39 is 0 Å². The molecule has 3 aromatic rings. The van der Waals surface area contributed by atoms with Gasteiger partial charge in [0.1, 0.15) is 12.4 Å². The number of carbonyl (C=O) groups excluding carboxylic acids is 2. The summed E-state index contributed by atoms with van der Waals surface area (Å²) in [5, 5.41) is 3.46. The minimum absolute atomic E-state index is 0.0699. The molecule has 0 aromatic heterocycles. The van der Waals surface area contributed by atoms with Crippen molar-refractivity contribution in [2.24, 2.45) is 0 Å². The first-order chi connectivity index (χ1) is 15.8. The molecular formula is C27H28ClNO4. The number of halogens is 1. The fourth-order valence-electron chi connectivity index (χ4n) is 3.30. The first-order valence-electron chi connectivity index (χ1n) is 10.8. The molecule has 3 rings (SSSR count). The molecule has 5 nitrogen and oxygen atoms in total. The number of carbonyl (C=O) groups is 2. The Morgan fingerprint density at radius 3 is 1.97 bits per heavy atom.